The third-order valence-corrected chi connectivity index (χ3v) is 4.69. The van der Waals surface area contributed by atoms with Crippen molar-refractivity contribution in [2.24, 2.45) is 0 Å². The van der Waals surface area contributed by atoms with Crippen molar-refractivity contribution in [1.82, 2.24) is 0 Å². The smallest absolute Gasteiger partial charge is 0.307 e. The van der Waals surface area contributed by atoms with Gasteiger partial charge in [-0.2, -0.15) is 0 Å². The van der Waals surface area contributed by atoms with Gasteiger partial charge in [0.15, 0.2) is 0 Å². The van der Waals surface area contributed by atoms with Crippen molar-refractivity contribution in [3.8, 4) is 0 Å². The molecule has 0 fully saturated rings. The molecule has 1 aliphatic carbocycles. The maximum absolute atomic E-state index is 13.7. The summed E-state index contributed by atoms with van der Waals surface area (Å²) in [6, 6.07) is 13.0. The van der Waals surface area contributed by atoms with Crippen LogP contribution in [0.2, 0.25) is 0 Å². The fourth-order valence-electron chi connectivity index (χ4n) is 3.24. The average Bonchev–Trinajstić information content (AvgIpc) is 2.91. The number of halogens is 1. The van der Waals surface area contributed by atoms with Gasteiger partial charge in [-0.15, -0.1) is 0 Å². The zero-order valence-electron chi connectivity index (χ0n) is 14.6. The standard InChI is InChI=1S/C22H21FO2/c1-13(2)15-4-6-16(7-5-15)14(3)20-10-17(11-22(24)25)21-12-18(23)8-9-19(20)21/h4-10,12-13H,11H2,1-3H3,(H,24,25)/b20-14+. The van der Waals surface area contributed by atoms with E-state index >= 15 is 0 Å². The number of fused-ring (bicyclic) bond motifs is 1. The van der Waals surface area contributed by atoms with Crippen molar-refractivity contribution in [3.05, 3.63) is 76.6 Å². The molecule has 2 aromatic carbocycles. The van der Waals surface area contributed by atoms with Crippen LogP contribution >= 0.6 is 0 Å². The summed E-state index contributed by atoms with van der Waals surface area (Å²) >= 11 is 0. The molecule has 1 N–H and O–H groups in total. The van der Waals surface area contributed by atoms with Crippen LogP contribution in [-0.2, 0) is 4.79 Å². The average molecular weight is 336 g/mol. The Morgan fingerprint density at radius 3 is 2.36 bits per heavy atom. The molecule has 0 unspecified atom stereocenters. The van der Waals surface area contributed by atoms with Gasteiger partial charge in [-0.05, 0) is 70.0 Å². The van der Waals surface area contributed by atoms with Crippen LogP contribution in [0.3, 0.4) is 0 Å². The van der Waals surface area contributed by atoms with Gasteiger partial charge in [-0.1, -0.05) is 44.2 Å². The van der Waals surface area contributed by atoms with E-state index in [1.807, 2.05) is 13.0 Å². The Balaban J connectivity index is 2.10. The summed E-state index contributed by atoms with van der Waals surface area (Å²) in [5.41, 5.74) is 6.60. The molecule has 0 saturated carbocycles. The second-order valence-electron chi connectivity index (χ2n) is 6.75. The number of allylic oxidation sites excluding steroid dienone is 3. The topological polar surface area (TPSA) is 37.3 Å². The van der Waals surface area contributed by atoms with Crippen molar-refractivity contribution in [2.45, 2.75) is 33.1 Å². The number of carbonyl (C=O) groups is 1. The summed E-state index contributed by atoms with van der Waals surface area (Å²) in [5.74, 6) is -0.795. The number of carboxylic acids is 1. The normalized spacial score (nSPS) is 15.2. The van der Waals surface area contributed by atoms with Gasteiger partial charge in [-0.25, -0.2) is 4.39 Å². The van der Waals surface area contributed by atoms with Gasteiger partial charge < -0.3 is 5.11 Å². The highest BCUT2D eigenvalue weighted by Crippen LogP contribution is 2.41. The summed E-state index contributed by atoms with van der Waals surface area (Å²) in [7, 11) is 0. The molecule has 0 aliphatic heterocycles. The first-order valence-corrected chi connectivity index (χ1v) is 8.40. The highest BCUT2D eigenvalue weighted by Gasteiger charge is 2.22. The maximum atomic E-state index is 13.7. The lowest BCUT2D eigenvalue weighted by atomic mass is 9.94. The van der Waals surface area contributed by atoms with Crippen LogP contribution in [-0.4, -0.2) is 11.1 Å². The van der Waals surface area contributed by atoms with Crippen molar-refractivity contribution in [3.63, 3.8) is 0 Å². The molecule has 2 aromatic rings. The molecule has 0 aromatic heterocycles. The Bertz CT molecular complexity index is 887. The highest BCUT2D eigenvalue weighted by molar-refractivity contribution is 6.07. The van der Waals surface area contributed by atoms with E-state index in [0.29, 0.717) is 17.1 Å². The van der Waals surface area contributed by atoms with Crippen molar-refractivity contribution in [1.29, 1.82) is 0 Å². The Kier molecular flexibility index (Phi) is 4.58. The third kappa shape index (κ3) is 3.41. The lowest BCUT2D eigenvalue weighted by molar-refractivity contribution is -0.135. The van der Waals surface area contributed by atoms with Crippen molar-refractivity contribution < 1.29 is 14.3 Å². The van der Waals surface area contributed by atoms with E-state index in [0.717, 1.165) is 22.3 Å². The number of hydrogen-bond donors (Lipinski definition) is 1. The van der Waals surface area contributed by atoms with E-state index in [9.17, 15) is 9.18 Å². The number of hydrogen-bond acceptors (Lipinski definition) is 1. The van der Waals surface area contributed by atoms with Gasteiger partial charge in [0.05, 0.1) is 6.42 Å². The summed E-state index contributed by atoms with van der Waals surface area (Å²) in [4.78, 5) is 11.1. The quantitative estimate of drug-likeness (QED) is 0.771. The van der Waals surface area contributed by atoms with Crippen LogP contribution in [0.4, 0.5) is 4.39 Å². The van der Waals surface area contributed by atoms with Crippen LogP contribution in [0.25, 0.3) is 16.7 Å². The van der Waals surface area contributed by atoms with Gasteiger partial charge >= 0.3 is 5.97 Å². The monoisotopic (exact) mass is 336 g/mol. The van der Waals surface area contributed by atoms with Crippen LogP contribution in [0.5, 0.6) is 0 Å². The lowest BCUT2D eigenvalue weighted by Gasteiger charge is -2.10. The SMILES string of the molecule is C/C(=C1/C=C(CC(=O)O)c2cc(F)ccc21)c1ccc(C(C)C)cc1. The van der Waals surface area contributed by atoms with E-state index in [2.05, 4.69) is 38.1 Å². The molecule has 25 heavy (non-hydrogen) atoms. The first kappa shape index (κ1) is 17.2. The van der Waals surface area contributed by atoms with Crippen molar-refractivity contribution >= 4 is 22.7 Å². The molecule has 3 heteroatoms. The predicted octanol–water partition coefficient (Wildman–Crippen LogP) is 5.75. The molecule has 0 atom stereocenters. The molecule has 0 heterocycles. The summed E-state index contributed by atoms with van der Waals surface area (Å²) < 4.78 is 13.7. The van der Waals surface area contributed by atoms with E-state index in [-0.39, 0.29) is 12.2 Å². The van der Waals surface area contributed by atoms with Crippen LogP contribution < -0.4 is 0 Å². The van der Waals surface area contributed by atoms with Crippen LogP contribution in [0.15, 0.2) is 48.5 Å². The van der Waals surface area contributed by atoms with Crippen LogP contribution in [0, 0.1) is 5.82 Å². The minimum atomic E-state index is -0.915. The molecular formula is C22H21FO2. The number of rotatable bonds is 4. The Morgan fingerprint density at radius 1 is 1.08 bits per heavy atom. The van der Waals surface area contributed by atoms with Gasteiger partial charge in [0.2, 0.25) is 0 Å². The molecule has 0 saturated heterocycles. The third-order valence-electron chi connectivity index (χ3n) is 4.69. The molecule has 0 bridgehead atoms. The summed E-state index contributed by atoms with van der Waals surface area (Å²) in [6.07, 6.45) is 1.77. The molecule has 128 valence electrons. The molecule has 3 rings (SSSR count). The highest BCUT2D eigenvalue weighted by atomic mass is 19.1. The van der Waals surface area contributed by atoms with Crippen molar-refractivity contribution in [2.75, 3.05) is 0 Å². The summed E-state index contributed by atoms with van der Waals surface area (Å²) in [5, 5.41) is 9.14. The molecule has 0 radical (unpaired) electrons. The maximum Gasteiger partial charge on any atom is 0.307 e. The second-order valence-corrected chi connectivity index (χ2v) is 6.75. The Hall–Kier alpha value is -2.68. The lowest BCUT2D eigenvalue weighted by Crippen LogP contribution is -1.96. The fourth-order valence-corrected chi connectivity index (χ4v) is 3.24. The molecular weight excluding hydrogens is 315 g/mol. The zero-order chi connectivity index (χ0) is 18.1. The fraction of sp³-hybridized carbons (Fsp3) is 0.227. The van der Waals surface area contributed by atoms with E-state index < -0.39 is 5.97 Å². The van der Waals surface area contributed by atoms with Gasteiger partial charge in [0.25, 0.3) is 0 Å². The first-order valence-electron chi connectivity index (χ1n) is 8.40. The Morgan fingerprint density at radius 2 is 1.76 bits per heavy atom. The first-order chi connectivity index (χ1) is 11.9. The number of aliphatic carboxylic acids is 1. The van der Waals surface area contributed by atoms with E-state index in [1.165, 1.54) is 17.7 Å². The molecule has 0 spiro atoms. The molecule has 0 amide bonds. The predicted molar refractivity (Wildman–Crippen MR) is 99.6 cm³/mol. The van der Waals surface area contributed by atoms with Gasteiger partial charge in [0, 0.05) is 0 Å². The van der Waals surface area contributed by atoms with E-state index in [4.69, 9.17) is 5.11 Å². The second kappa shape index (κ2) is 6.67. The number of carboxylic acid groups (broad SMARTS) is 1. The molecule has 2 nitrogen and oxygen atoms in total. The minimum absolute atomic E-state index is 0.112. The van der Waals surface area contributed by atoms with E-state index in [1.54, 1.807) is 6.07 Å². The van der Waals surface area contributed by atoms with Gasteiger partial charge in [-0.3, -0.25) is 4.79 Å². The minimum Gasteiger partial charge on any atom is -0.481 e. The number of benzene rings is 2. The zero-order valence-corrected chi connectivity index (χ0v) is 14.6. The van der Waals surface area contributed by atoms with Crippen LogP contribution in [0.1, 0.15) is 55.4 Å². The largest absolute Gasteiger partial charge is 0.481 e. The Labute approximate surface area is 147 Å². The molecule has 1 aliphatic rings. The summed E-state index contributed by atoms with van der Waals surface area (Å²) in [6.45, 7) is 6.33. The van der Waals surface area contributed by atoms with Gasteiger partial charge in [0.1, 0.15) is 5.82 Å².